The highest BCUT2D eigenvalue weighted by Gasteiger charge is 2.43. The molecule has 1 amide bonds. The van der Waals surface area contributed by atoms with Crippen LogP contribution in [0.15, 0.2) is 42.5 Å². The molecule has 5 rings (SSSR count). The molecule has 1 aromatic heterocycles. The lowest BCUT2D eigenvalue weighted by molar-refractivity contribution is -0.286. The van der Waals surface area contributed by atoms with Gasteiger partial charge in [-0.2, -0.15) is 0 Å². The number of ether oxygens (including phenoxy) is 2. The molecule has 1 fully saturated rings. The van der Waals surface area contributed by atoms with Crippen molar-refractivity contribution in [2.24, 2.45) is 0 Å². The van der Waals surface area contributed by atoms with Gasteiger partial charge in [0.2, 0.25) is 0 Å². The standard InChI is InChI=1S/C21H19F2N3O3/c22-21(23)28-17-9-8-13(11-18(17)29-21)20(27)24-14-5-3-4-12(10-14)19-25-15-6-1-2-7-16(15)26-19/h1-2,6-9,11-12,14H,3-5,10H2,(H,24,27)(H,25,26)/t12-,14+/m0/s1. The summed E-state index contributed by atoms with van der Waals surface area (Å²) in [6.07, 6.45) is -0.0782. The summed E-state index contributed by atoms with van der Waals surface area (Å²) >= 11 is 0. The van der Waals surface area contributed by atoms with Gasteiger partial charge in [0.25, 0.3) is 5.91 Å². The van der Waals surface area contributed by atoms with Crippen LogP contribution >= 0.6 is 0 Å². The predicted octanol–water partition coefficient (Wildman–Crippen LogP) is 4.34. The predicted molar refractivity (Wildman–Crippen MR) is 101 cm³/mol. The van der Waals surface area contributed by atoms with Crippen molar-refractivity contribution in [3.63, 3.8) is 0 Å². The number of amides is 1. The first-order valence-corrected chi connectivity index (χ1v) is 9.62. The lowest BCUT2D eigenvalue weighted by atomic mass is 9.85. The molecule has 0 bridgehead atoms. The zero-order chi connectivity index (χ0) is 20.0. The van der Waals surface area contributed by atoms with Gasteiger partial charge in [0, 0.05) is 17.5 Å². The maximum absolute atomic E-state index is 13.2. The first kappa shape index (κ1) is 17.9. The largest absolute Gasteiger partial charge is 0.586 e. The topological polar surface area (TPSA) is 76.2 Å². The fraction of sp³-hybridized carbons (Fsp3) is 0.333. The Morgan fingerprint density at radius 3 is 2.83 bits per heavy atom. The molecule has 2 aliphatic rings. The number of hydrogen-bond acceptors (Lipinski definition) is 4. The lowest BCUT2D eigenvalue weighted by Crippen LogP contribution is -2.38. The SMILES string of the molecule is O=C(N[C@@H]1CCC[C@H](c2nc3ccccc3[nH]2)C1)c1ccc2c(c1)OC(F)(F)O2. The molecule has 6 nitrogen and oxygen atoms in total. The van der Waals surface area contributed by atoms with Crippen LogP contribution in [0, 0.1) is 0 Å². The summed E-state index contributed by atoms with van der Waals surface area (Å²) in [6, 6.07) is 11.9. The summed E-state index contributed by atoms with van der Waals surface area (Å²) in [5.41, 5.74) is 2.20. The van der Waals surface area contributed by atoms with Gasteiger partial charge in [0.15, 0.2) is 11.5 Å². The summed E-state index contributed by atoms with van der Waals surface area (Å²) in [5, 5.41) is 3.02. The monoisotopic (exact) mass is 399 g/mol. The average Bonchev–Trinajstić information content (AvgIpc) is 3.26. The number of fused-ring (bicyclic) bond motifs is 2. The molecule has 2 atom stereocenters. The summed E-state index contributed by atoms with van der Waals surface area (Å²) in [6.45, 7) is 0. The molecule has 2 heterocycles. The first-order chi connectivity index (χ1) is 14.0. The Morgan fingerprint density at radius 1 is 1.14 bits per heavy atom. The molecule has 3 aromatic rings. The van der Waals surface area contributed by atoms with Gasteiger partial charge in [0.05, 0.1) is 11.0 Å². The number of hydrogen-bond donors (Lipinski definition) is 2. The van der Waals surface area contributed by atoms with Gasteiger partial charge in [-0.05, 0) is 49.6 Å². The van der Waals surface area contributed by atoms with Crippen LogP contribution in [-0.4, -0.2) is 28.2 Å². The van der Waals surface area contributed by atoms with E-state index in [2.05, 4.69) is 19.8 Å². The molecule has 1 aliphatic heterocycles. The minimum absolute atomic E-state index is 0.0127. The second-order valence-corrected chi connectivity index (χ2v) is 7.50. The molecule has 0 unspecified atom stereocenters. The van der Waals surface area contributed by atoms with E-state index in [9.17, 15) is 13.6 Å². The van der Waals surface area contributed by atoms with E-state index >= 15 is 0 Å². The Morgan fingerprint density at radius 2 is 1.97 bits per heavy atom. The smallest absolute Gasteiger partial charge is 0.395 e. The van der Waals surface area contributed by atoms with Crippen molar-refractivity contribution in [2.45, 2.75) is 43.9 Å². The van der Waals surface area contributed by atoms with Crippen LogP contribution in [0.25, 0.3) is 11.0 Å². The van der Waals surface area contributed by atoms with Crippen molar-refractivity contribution in [1.82, 2.24) is 15.3 Å². The number of carbonyl (C=O) groups excluding carboxylic acids is 1. The van der Waals surface area contributed by atoms with E-state index in [0.717, 1.165) is 42.5 Å². The molecule has 0 saturated heterocycles. The normalized spacial score (nSPS) is 22.6. The Hall–Kier alpha value is -3.16. The first-order valence-electron chi connectivity index (χ1n) is 9.62. The molecule has 2 N–H and O–H groups in total. The lowest BCUT2D eigenvalue weighted by Gasteiger charge is -2.28. The zero-order valence-corrected chi connectivity index (χ0v) is 15.5. The second-order valence-electron chi connectivity index (χ2n) is 7.50. The van der Waals surface area contributed by atoms with Crippen molar-refractivity contribution in [3.8, 4) is 11.5 Å². The highest BCUT2D eigenvalue weighted by molar-refractivity contribution is 5.95. The van der Waals surface area contributed by atoms with Gasteiger partial charge in [-0.3, -0.25) is 4.79 Å². The number of imidazole rings is 1. The Labute approximate surface area is 165 Å². The van der Waals surface area contributed by atoms with E-state index in [0.29, 0.717) is 0 Å². The highest BCUT2D eigenvalue weighted by Crippen LogP contribution is 2.41. The Bertz CT molecular complexity index is 1050. The fourth-order valence-electron chi connectivity index (χ4n) is 4.09. The minimum Gasteiger partial charge on any atom is -0.395 e. The van der Waals surface area contributed by atoms with Crippen molar-refractivity contribution < 1.29 is 23.0 Å². The van der Waals surface area contributed by atoms with E-state index in [1.807, 2.05) is 24.3 Å². The zero-order valence-electron chi connectivity index (χ0n) is 15.5. The van der Waals surface area contributed by atoms with E-state index in [1.54, 1.807) is 0 Å². The summed E-state index contributed by atoms with van der Waals surface area (Å²) in [7, 11) is 0. The van der Waals surface area contributed by atoms with Gasteiger partial charge in [-0.15, -0.1) is 8.78 Å². The number of aromatic nitrogens is 2. The van der Waals surface area contributed by atoms with Gasteiger partial charge in [0.1, 0.15) is 5.82 Å². The maximum atomic E-state index is 13.2. The van der Waals surface area contributed by atoms with Crippen LogP contribution in [0.1, 0.15) is 47.8 Å². The van der Waals surface area contributed by atoms with Crippen molar-refractivity contribution in [1.29, 1.82) is 0 Å². The molecule has 8 heteroatoms. The Kier molecular flexibility index (Phi) is 4.15. The number of benzene rings is 2. The van der Waals surface area contributed by atoms with E-state index in [1.165, 1.54) is 18.2 Å². The average molecular weight is 399 g/mol. The minimum atomic E-state index is -3.69. The van der Waals surface area contributed by atoms with Crippen molar-refractivity contribution in [3.05, 3.63) is 53.9 Å². The maximum Gasteiger partial charge on any atom is 0.586 e. The van der Waals surface area contributed by atoms with Gasteiger partial charge >= 0.3 is 6.29 Å². The van der Waals surface area contributed by atoms with Crippen LogP contribution < -0.4 is 14.8 Å². The van der Waals surface area contributed by atoms with E-state index in [4.69, 9.17) is 4.98 Å². The molecule has 1 saturated carbocycles. The molecule has 1 aliphatic carbocycles. The molecular weight excluding hydrogens is 380 g/mol. The quantitative estimate of drug-likeness (QED) is 0.687. The Balaban J connectivity index is 1.28. The summed E-state index contributed by atoms with van der Waals surface area (Å²) in [5.74, 6) is 0.648. The number of H-pyrrole nitrogens is 1. The van der Waals surface area contributed by atoms with Crippen LogP contribution in [0.2, 0.25) is 0 Å². The number of rotatable bonds is 3. The van der Waals surface area contributed by atoms with Crippen LogP contribution in [-0.2, 0) is 0 Å². The summed E-state index contributed by atoms with van der Waals surface area (Å²) < 4.78 is 35.1. The molecule has 0 spiro atoms. The molecule has 150 valence electrons. The van der Waals surface area contributed by atoms with Gasteiger partial charge in [-0.1, -0.05) is 18.6 Å². The third kappa shape index (κ3) is 3.50. The molecular formula is C21H19F2N3O3. The second kappa shape index (κ2) is 6.72. The number of carbonyl (C=O) groups is 1. The third-order valence-electron chi connectivity index (χ3n) is 5.47. The van der Waals surface area contributed by atoms with Crippen LogP contribution in [0.4, 0.5) is 8.78 Å². The number of halogens is 2. The van der Waals surface area contributed by atoms with Gasteiger partial charge < -0.3 is 19.8 Å². The van der Waals surface area contributed by atoms with Gasteiger partial charge in [-0.25, -0.2) is 4.98 Å². The molecule has 29 heavy (non-hydrogen) atoms. The number of alkyl halides is 2. The highest BCUT2D eigenvalue weighted by atomic mass is 19.3. The van der Waals surface area contributed by atoms with Crippen molar-refractivity contribution in [2.75, 3.05) is 0 Å². The van der Waals surface area contributed by atoms with Crippen molar-refractivity contribution >= 4 is 16.9 Å². The molecule has 2 aromatic carbocycles. The van der Waals surface area contributed by atoms with Crippen LogP contribution in [0.5, 0.6) is 11.5 Å². The fourth-order valence-corrected chi connectivity index (χ4v) is 4.09. The van der Waals surface area contributed by atoms with Crippen LogP contribution in [0.3, 0.4) is 0 Å². The van der Waals surface area contributed by atoms with E-state index in [-0.39, 0.29) is 34.9 Å². The third-order valence-corrected chi connectivity index (χ3v) is 5.47. The number of nitrogens with one attached hydrogen (secondary N) is 2. The number of nitrogens with zero attached hydrogens (tertiary/aromatic N) is 1. The molecule has 0 radical (unpaired) electrons. The number of aromatic amines is 1. The number of para-hydroxylation sites is 2. The summed E-state index contributed by atoms with van der Waals surface area (Å²) in [4.78, 5) is 20.7. The van der Waals surface area contributed by atoms with E-state index < -0.39 is 6.29 Å².